The van der Waals surface area contributed by atoms with Crippen LogP contribution in [0.15, 0.2) is 18.2 Å². The molecule has 5 nitrogen and oxygen atoms in total. The van der Waals surface area contributed by atoms with E-state index < -0.39 is 11.7 Å². The molecule has 1 aliphatic rings. The predicted octanol–water partition coefficient (Wildman–Crippen LogP) is 5.10. The van der Waals surface area contributed by atoms with Gasteiger partial charge in [-0.15, -0.1) is 5.10 Å². The number of nitrogens with zero attached hydrogens (tertiary/aromatic N) is 3. The molecule has 144 valence electrons. The first-order valence-corrected chi connectivity index (χ1v) is 9.14. The lowest BCUT2D eigenvalue weighted by atomic mass is 9.92. The first kappa shape index (κ1) is 19.2. The number of hydrogen-bond acceptors (Lipinski definition) is 4. The van der Waals surface area contributed by atoms with Crippen LogP contribution < -0.4 is 4.74 Å². The number of hydrogen-bond donors (Lipinski definition) is 1. The molecule has 3 rings (SSSR count). The molecule has 0 radical (unpaired) electrons. The molecule has 1 fully saturated rings. The van der Waals surface area contributed by atoms with Gasteiger partial charge in [0, 0.05) is 5.56 Å². The van der Waals surface area contributed by atoms with E-state index in [9.17, 15) is 13.2 Å². The quantitative estimate of drug-likeness (QED) is 0.803. The molecule has 0 amide bonds. The molecule has 1 aliphatic carbocycles. The number of ether oxygens (including phenoxy) is 1. The van der Waals surface area contributed by atoms with Crippen LogP contribution >= 0.6 is 0 Å². The van der Waals surface area contributed by atoms with Gasteiger partial charge in [-0.1, -0.05) is 37.3 Å². The van der Waals surface area contributed by atoms with Crippen molar-refractivity contribution in [3.63, 3.8) is 0 Å². The Kier molecular flexibility index (Phi) is 5.99. The van der Waals surface area contributed by atoms with E-state index in [4.69, 9.17) is 10.00 Å². The Bertz CT molecular complexity index is 802. The normalized spacial score (nSPS) is 16.4. The average Bonchev–Trinajstić information content (AvgIpc) is 3.08. The molecular weight excluding hydrogens is 357 g/mol. The summed E-state index contributed by atoms with van der Waals surface area (Å²) in [5.41, 5.74) is -0.581. The second-order valence-electron chi connectivity index (χ2n) is 6.91. The van der Waals surface area contributed by atoms with E-state index in [1.807, 2.05) is 6.07 Å². The maximum absolute atomic E-state index is 13.3. The van der Waals surface area contributed by atoms with Crippen molar-refractivity contribution in [1.82, 2.24) is 15.4 Å². The lowest BCUT2D eigenvalue weighted by Gasteiger charge is -2.20. The van der Waals surface area contributed by atoms with Gasteiger partial charge in [-0.3, -0.25) is 0 Å². The van der Waals surface area contributed by atoms with E-state index in [0.717, 1.165) is 37.8 Å². The van der Waals surface area contributed by atoms with E-state index in [-0.39, 0.29) is 22.7 Å². The molecule has 0 atom stereocenters. The van der Waals surface area contributed by atoms with Gasteiger partial charge in [-0.2, -0.15) is 18.4 Å². The molecule has 1 N–H and O–H groups in total. The summed E-state index contributed by atoms with van der Waals surface area (Å²) in [6, 6.07) is 5.29. The van der Waals surface area contributed by atoms with E-state index in [0.29, 0.717) is 12.5 Å². The van der Waals surface area contributed by atoms with Crippen molar-refractivity contribution in [2.45, 2.75) is 51.1 Å². The maximum atomic E-state index is 13.3. The van der Waals surface area contributed by atoms with E-state index in [1.54, 1.807) is 0 Å². The Labute approximate surface area is 155 Å². The second kappa shape index (κ2) is 8.42. The van der Waals surface area contributed by atoms with Crippen molar-refractivity contribution < 1.29 is 17.9 Å². The summed E-state index contributed by atoms with van der Waals surface area (Å²) in [7, 11) is 0. The van der Waals surface area contributed by atoms with Crippen molar-refractivity contribution in [1.29, 1.82) is 5.26 Å². The fourth-order valence-electron chi connectivity index (χ4n) is 3.41. The van der Waals surface area contributed by atoms with Gasteiger partial charge in [-0.25, -0.2) is 5.10 Å². The van der Waals surface area contributed by atoms with Gasteiger partial charge < -0.3 is 4.74 Å². The van der Waals surface area contributed by atoms with Gasteiger partial charge in [0.1, 0.15) is 17.5 Å². The first-order valence-electron chi connectivity index (χ1n) is 9.14. The van der Waals surface area contributed by atoms with E-state index in [1.165, 1.54) is 25.3 Å². The maximum Gasteiger partial charge on any atom is 0.416 e. The molecule has 0 spiro atoms. The zero-order valence-electron chi connectivity index (χ0n) is 14.9. The summed E-state index contributed by atoms with van der Waals surface area (Å²) in [6.07, 6.45) is 3.47. The Morgan fingerprint density at radius 1 is 1.11 bits per heavy atom. The standard InChI is InChI=1S/C19H21F3N4O/c20-19(21,22)15-8-14(18-17(11-23)24-26-25-18)9-16(10-15)27-12-13-6-4-2-1-3-5-7-13/h8-10,13H,1-7,12H2,(H,24,25,26). The molecule has 8 heteroatoms. The molecule has 1 heterocycles. The Hall–Kier alpha value is -2.56. The second-order valence-corrected chi connectivity index (χ2v) is 6.91. The van der Waals surface area contributed by atoms with Crippen LogP contribution in [0.3, 0.4) is 0 Å². The average molecular weight is 378 g/mol. The highest BCUT2D eigenvalue weighted by atomic mass is 19.4. The van der Waals surface area contributed by atoms with Crippen LogP contribution in [0, 0.1) is 17.2 Å². The number of alkyl halides is 3. The summed E-state index contributed by atoms with van der Waals surface area (Å²) < 4.78 is 45.7. The molecular formula is C19H21F3N4O. The summed E-state index contributed by atoms with van der Waals surface area (Å²) in [6.45, 7) is 0.394. The third-order valence-electron chi connectivity index (χ3n) is 4.88. The van der Waals surface area contributed by atoms with Gasteiger partial charge >= 0.3 is 6.18 Å². The third-order valence-corrected chi connectivity index (χ3v) is 4.88. The zero-order valence-corrected chi connectivity index (χ0v) is 14.9. The number of nitriles is 1. The van der Waals surface area contributed by atoms with Crippen LogP contribution in [0.4, 0.5) is 13.2 Å². The number of rotatable bonds is 4. The van der Waals surface area contributed by atoms with Crippen LogP contribution in [0.25, 0.3) is 11.3 Å². The van der Waals surface area contributed by atoms with Gasteiger partial charge in [0.15, 0.2) is 5.69 Å². The molecule has 0 unspecified atom stereocenters. The van der Waals surface area contributed by atoms with Crippen LogP contribution in [-0.2, 0) is 6.18 Å². The third kappa shape index (κ3) is 5.00. The zero-order chi connectivity index (χ0) is 19.3. The molecule has 0 aliphatic heterocycles. The number of aromatic amines is 1. The van der Waals surface area contributed by atoms with Crippen molar-refractivity contribution in [2.75, 3.05) is 6.61 Å². The number of H-pyrrole nitrogens is 1. The minimum Gasteiger partial charge on any atom is -0.493 e. The molecule has 1 saturated carbocycles. The molecule has 0 saturated heterocycles. The van der Waals surface area contributed by atoms with E-state index >= 15 is 0 Å². The minimum absolute atomic E-state index is 0.0142. The number of nitrogens with one attached hydrogen (secondary N) is 1. The number of halogens is 3. The lowest BCUT2D eigenvalue weighted by Crippen LogP contribution is -2.14. The Balaban J connectivity index is 1.83. The molecule has 2 aromatic rings. The van der Waals surface area contributed by atoms with Crippen LogP contribution in [0.5, 0.6) is 5.75 Å². The minimum atomic E-state index is -4.52. The predicted molar refractivity (Wildman–Crippen MR) is 92.8 cm³/mol. The summed E-state index contributed by atoms with van der Waals surface area (Å²) in [5, 5.41) is 18.7. The summed E-state index contributed by atoms with van der Waals surface area (Å²) in [5.74, 6) is 0.485. The van der Waals surface area contributed by atoms with E-state index in [2.05, 4.69) is 15.4 Å². The number of benzene rings is 1. The SMILES string of the molecule is N#Cc1[nH]nnc1-c1cc(OCC2CCCCCCC2)cc(C(F)(F)F)c1. The molecule has 1 aromatic heterocycles. The van der Waals surface area contributed by atoms with Crippen LogP contribution in [0.2, 0.25) is 0 Å². The fourth-order valence-corrected chi connectivity index (χ4v) is 3.41. The molecule has 1 aromatic carbocycles. The summed E-state index contributed by atoms with van der Waals surface area (Å²) >= 11 is 0. The van der Waals surface area contributed by atoms with Crippen LogP contribution in [0.1, 0.15) is 56.2 Å². The topological polar surface area (TPSA) is 74.6 Å². The van der Waals surface area contributed by atoms with Gasteiger partial charge in [0.2, 0.25) is 0 Å². The highest BCUT2D eigenvalue weighted by molar-refractivity contribution is 5.67. The lowest BCUT2D eigenvalue weighted by molar-refractivity contribution is -0.137. The Morgan fingerprint density at radius 2 is 1.81 bits per heavy atom. The fraction of sp³-hybridized carbons (Fsp3) is 0.526. The smallest absolute Gasteiger partial charge is 0.416 e. The molecule has 0 bridgehead atoms. The highest BCUT2D eigenvalue weighted by Gasteiger charge is 2.32. The van der Waals surface area contributed by atoms with Gasteiger partial charge in [-0.05, 0) is 37.0 Å². The van der Waals surface area contributed by atoms with Crippen molar-refractivity contribution in [2.24, 2.45) is 5.92 Å². The monoisotopic (exact) mass is 378 g/mol. The van der Waals surface area contributed by atoms with Crippen molar-refractivity contribution in [3.05, 3.63) is 29.5 Å². The first-order chi connectivity index (χ1) is 13.0. The molecule has 27 heavy (non-hydrogen) atoms. The van der Waals surface area contributed by atoms with Crippen LogP contribution in [-0.4, -0.2) is 22.0 Å². The van der Waals surface area contributed by atoms with Gasteiger partial charge in [0.25, 0.3) is 0 Å². The highest BCUT2D eigenvalue weighted by Crippen LogP contribution is 2.36. The summed E-state index contributed by atoms with van der Waals surface area (Å²) in [4.78, 5) is 0. The largest absolute Gasteiger partial charge is 0.493 e. The van der Waals surface area contributed by atoms with Crippen molar-refractivity contribution >= 4 is 0 Å². The Morgan fingerprint density at radius 3 is 2.48 bits per heavy atom. The number of aromatic nitrogens is 3. The van der Waals surface area contributed by atoms with Crippen molar-refractivity contribution in [3.8, 4) is 23.1 Å². The van der Waals surface area contributed by atoms with Gasteiger partial charge in [0.05, 0.1) is 12.2 Å².